The molecule has 0 spiro atoms. The zero-order valence-corrected chi connectivity index (χ0v) is 17.1. The standard InChI is InChI=1S/C16H20ClN3O6S2/c17-11-6-12(14(28(19,25)26)7-13(11)27(18,23)24)20-16(22)10-4-8-2-1-3-9(5-10)15(8)21/h6-10H,1-5H2,(H,20,22)(H2,18,23,24)(H2,19,25,26). The molecule has 154 valence electrons. The summed E-state index contributed by atoms with van der Waals surface area (Å²) in [6.45, 7) is 0. The summed E-state index contributed by atoms with van der Waals surface area (Å²) in [4.78, 5) is 23.7. The molecule has 2 aliphatic carbocycles. The number of hydrogen-bond acceptors (Lipinski definition) is 6. The first-order valence-electron chi connectivity index (χ1n) is 8.61. The minimum absolute atomic E-state index is 0.158. The maximum absolute atomic E-state index is 12.7. The van der Waals surface area contributed by atoms with Gasteiger partial charge >= 0.3 is 0 Å². The molecule has 2 unspecified atom stereocenters. The average molecular weight is 450 g/mol. The quantitative estimate of drug-likeness (QED) is 0.618. The third kappa shape index (κ3) is 4.23. The molecule has 3 rings (SSSR count). The molecule has 1 amide bonds. The van der Waals surface area contributed by atoms with E-state index in [1.807, 2.05) is 0 Å². The Labute approximate surface area is 167 Å². The van der Waals surface area contributed by atoms with E-state index in [1.54, 1.807) is 0 Å². The molecule has 2 bridgehead atoms. The van der Waals surface area contributed by atoms with Gasteiger partial charge in [-0.2, -0.15) is 0 Å². The van der Waals surface area contributed by atoms with Crippen LogP contribution in [0.15, 0.2) is 21.9 Å². The normalized spacial score (nSPS) is 25.4. The zero-order valence-electron chi connectivity index (χ0n) is 14.7. The number of nitrogens with one attached hydrogen (secondary N) is 1. The lowest BCUT2D eigenvalue weighted by atomic mass is 9.67. The van der Waals surface area contributed by atoms with Crippen LogP contribution in [0.25, 0.3) is 0 Å². The number of anilines is 1. The Bertz CT molecular complexity index is 1040. The van der Waals surface area contributed by atoms with Gasteiger partial charge in [0.2, 0.25) is 26.0 Å². The molecule has 1 aromatic carbocycles. The van der Waals surface area contributed by atoms with E-state index in [1.165, 1.54) is 0 Å². The minimum atomic E-state index is -4.38. The van der Waals surface area contributed by atoms with Crippen molar-refractivity contribution in [3.63, 3.8) is 0 Å². The highest BCUT2D eigenvalue weighted by atomic mass is 35.5. The topological polar surface area (TPSA) is 166 Å². The monoisotopic (exact) mass is 449 g/mol. The molecule has 2 atom stereocenters. The van der Waals surface area contributed by atoms with Crippen LogP contribution in [0.5, 0.6) is 0 Å². The van der Waals surface area contributed by atoms with Crippen LogP contribution in [0.1, 0.15) is 32.1 Å². The van der Waals surface area contributed by atoms with Crippen molar-refractivity contribution in [2.75, 3.05) is 5.32 Å². The van der Waals surface area contributed by atoms with E-state index in [0.717, 1.165) is 31.4 Å². The van der Waals surface area contributed by atoms with E-state index in [-0.39, 0.29) is 28.3 Å². The fourth-order valence-electron chi connectivity index (χ4n) is 4.01. The number of nitrogens with two attached hydrogens (primary N) is 2. The predicted octanol–water partition coefficient (Wildman–Crippen LogP) is 0.969. The molecule has 0 heterocycles. The second kappa shape index (κ2) is 7.38. The number of hydrogen-bond donors (Lipinski definition) is 3. The van der Waals surface area contributed by atoms with Gasteiger partial charge in [-0.15, -0.1) is 0 Å². The molecule has 2 fully saturated rings. The number of Topliss-reactive ketones (excluding diaryl/α,β-unsaturated/α-hetero) is 1. The number of primary sulfonamides is 2. The lowest BCUT2D eigenvalue weighted by molar-refractivity contribution is -0.136. The molecule has 1 aromatic rings. The number of ketones is 1. The number of halogens is 1. The largest absolute Gasteiger partial charge is 0.325 e. The summed E-state index contributed by atoms with van der Waals surface area (Å²) in [5.41, 5.74) is -0.230. The van der Waals surface area contributed by atoms with Gasteiger partial charge in [-0.25, -0.2) is 27.1 Å². The second-order valence-electron chi connectivity index (χ2n) is 7.25. The summed E-state index contributed by atoms with van der Waals surface area (Å²) in [5.74, 6) is -1.04. The Hall–Kier alpha value is -1.53. The van der Waals surface area contributed by atoms with Crippen molar-refractivity contribution in [3.05, 3.63) is 17.2 Å². The highest BCUT2D eigenvalue weighted by molar-refractivity contribution is 7.90. The molecule has 2 saturated carbocycles. The molecule has 0 aromatic heterocycles. The molecular formula is C16H20ClN3O6S2. The van der Waals surface area contributed by atoms with E-state index in [2.05, 4.69) is 5.32 Å². The first-order valence-corrected chi connectivity index (χ1v) is 12.1. The Morgan fingerprint density at radius 1 is 1.00 bits per heavy atom. The Kier molecular flexibility index (Phi) is 5.58. The first kappa shape index (κ1) is 21.2. The predicted molar refractivity (Wildman–Crippen MR) is 101 cm³/mol. The number of carbonyl (C=O) groups is 2. The summed E-state index contributed by atoms with van der Waals surface area (Å²) in [7, 11) is -8.68. The molecule has 2 aliphatic rings. The molecule has 0 aliphatic heterocycles. The van der Waals surface area contributed by atoms with Crippen molar-refractivity contribution in [2.24, 2.45) is 28.0 Å². The number of benzene rings is 1. The van der Waals surface area contributed by atoms with Gasteiger partial charge in [0.25, 0.3) is 0 Å². The fourth-order valence-corrected chi connectivity index (χ4v) is 5.89. The first-order chi connectivity index (χ1) is 12.9. The van der Waals surface area contributed by atoms with Crippen LogP contribution in [0, 0.1) is 17.8 Å². The van der Waals surface area contributed by atoms with E-state index < -0.39 is 41.7 Å². The van der Waals surface area contributed by atoms with E-state index in [0.29, 0.717) is 12.8 Å². The number of amides is 1. The highest BCUT2D eigenvalue weighted by Gasteiger charge is 2.41. The van der Waals surface area contributed by atoms with Gasteiger partial charge in [-0.3, -0.25) is 9.59 Å². The highest BCUT2D eigenvalue weighted by Crippen LogP contribution is 2.41. The average Bonchev–Trinajstić information content (AvgIpc) is 2.52. The maximum atomic E-state index is 12.7. The third-order valence-electron chi connectivity index (χ3n) is 5.32. The lowest BCUT2D eigenvalue weighted by Crippen LogP contribution is -2.40. The van der Waals surface area contributed by atoms with Gasteiger partial charge in [-0.1, -0.05) is 18.0 Å². The molecule has 9 nitrogen and oxygen atoms in total. The van der Waals surface area contributed by atoms with Gasteiger partial charge < -0.3 is 5.32 Å². The van der Waals surface area contributed by atoms with Gasteiger partial charge in [-0.05, 0) is 37.8 Å². The van der Waals surface area contributed by atoms with Crippen LogP contribution < -0.4 is 15.6 Å². The molecule has 28 heavy (non-hydrogen) atoms. The summed E-state index contributed by atoms with van der Waals surface area (Å²) in [6, 6.07) is 1.72. The molecule has 0 radical (unpaired) electrons. The smallest absolute Gasteiger partial charge is 0.240 e. The van der Waals surface area contributed by atoms with E-state index >= 15 is 0 Å². The molecule has 12 heteroatoms. The number of carbonyl (C=O) groups excluding carboxylic acids is 2. The Morgan fingerprint density at radius 3 is 2.04 bits per heavy atom. The molecule has 5 N–H and O–H groups in total. The van der Waals surface area contributed by atoms with Crippen molar-refractivity contribution >= 4 is 49.0 Å². The fraction of sp³-hybridized carbons (Fsp3) is 0.500. The van der Waals surface area contributed by atoms with Gasteiger partial charge in [0.15, 0.2) is 0 Å². The van der Waals surface area contributed by atoms with E-state index in [9.17, 15) is 26.4 Å². The maximum Gasteiger partial charge on any atom is 0.240 e. The summed E-state index contributed by atoms with van der Waals surface area (Å²) < 4.78 is 47.0. The number of sulfonamides is 2. The van der Waals surface area contributed by atoms with Crippen molar-refractivity contribution in [1.29, 1.82) is 0 Å². The summed E-state index contributed by atoms with van der Waals surface area (Å²) in [6.07, 6.45) is 3.24. The number of rotatable bonds is 4. The zero-order chi connectivity index (χ0) is 20.9. The van der Waals surface area contributed by atoms with Crippen LogP contribution in [0.4, 0.5) is 5.69 Å². The minimum Gasteiger partial charge on any atom is -0.325 e. The summed E-state index contributed by atoms with van der Waals surface area (Å²) in [5, 5.41) is 12.3. The van der Waals surface area contributed by atoms with E-state index in [4.69, 9.17) is 21.9 Å². The Morgan fingerprint density at radius 2 is 1.54 bits per heavy atom. The van der Waals surface area contributed by atoms with Crippen LogP contribution in [0.3, 0.4) is 0 Å². The van der Waals surface area contributed by atoms with Crippen LogP contribution in [-0.2, 0) is 29.6 Å². The van der Waals surface area contributed by atoms with Gasteiger partial charge in [0, 0.05) is 17.8 Å². The van der Waals surface area contributed by atoms with Gasteiger partial charge in [0.05, 0.1) is 10.7 Å². The number of fused-ring (bicyclic) bond motifs is 2. The van der Waals surface area contributed by atoms with Crippen LogP contribution in [0.2, 0.25) is 5.02 Å². The third-order valence-corrected chi connectivity index (χ3v) is 7.65. The second-order valence-corrected chi connectivity index (χ2v) is 10.7. The molecular weight excluding hydrogens is 430 g/mol. The van der Waals surface area contributed by atoms with Crippen molar-refractivity contribution in [1.82, 2.24) is 0 Å². The molecule has 0 saturated heterocycles. The van der Waals surface area contributed by atoms with Crippen LogP contribution in [-0.4, -0.2) is 28.5 Å². The lowest BCUT2D eigenvalue weighted by Gasteiger charge is -2.37. The SMILES string of the molecule is NS(=O)(=O)c1cc(S(N)(=O)=O)c(NC(=O)C2CC3CCCC(C2)C3=O)cc1Cl. The Balaban J connectivity index is 1.92. The van der Waals surface area contributed by atoms with Crippen LogP contribution >= 0.6 is 11.6 Å². The summed E-state index contributed by atoms with van der Waals surface area (Å²) >= 11 is 5.91. The van der Waals surface area contributed by atoms with Gasteiger partial charge in [0.1, 0.15) is 15.6 Å². The van der Waals surface area contributed by atoms with Crippen molar-refractivity contribution in [3.8, 4) is 0 Å². The van der Waals surface area contributed by atoms with Crippen molar-refractivity contribution < 1.29 is 26.4 Å². The van der Waals surface area contributed by atoms with Crippen molar-refractivity contribution in [2.45, 2.75) is 41.9 Å².